The number of carboxylic acids is 1. The largest absolute Gasteiger partial charge is 0.481 e. The van der Waals surface area contributed by atoms with Crippen LogP contribution in [0.3, 0.4) is 0 Å². The average Bonchev–Trinajstić information content (AvgIpc) is 3.35. The van der Waals surface area contributed by atoms with Crippen LogP contribution in [0.4, 0.5) is 0 Å². The van der Waals surface area contributed by atoms with Gasteiger partial charge in [0.15, 0.2) is 0 Å². The van der Waals surface area contributed by atoms with Crippen LogP contribution in [0.1, 0.15) is 60.1 Å². The van der Waals surface area contributed by atoms with E-state index in [2.05, 4.69) is 70.7 Å². The summed E-state index contributed by atoms with van der Waals surface area (Å²) in [5.74, 6) is -0.397. The highest BCUT2D eigenvalue weighted by molar-refractivity contribution is 6.08. The summed E-state index contributed by atoms with van der Waals surface area (Å²) >= 11 is 0. The van der Waals surface area contributed by atoms with Crippen molar-refractivity contribution in [1.82, 2.24) is 19.4 Å². The zero-order chi connectivity index (χ0) is 30.8. The van der Waals surface area contributed by atoms with Gasteiger partial charge in [-0.25, -0.2) is 4.98 Å². The number of benzene rings is 2. The summed E-state index contributed by atoms with van der Waals surface area (Å²) in [6.07, 6.45) is 2.38. The monoisotopic (exact) mass is 596 g/mol. The molecule has 0 aliphatic carbocycles. The number of fused-ring (bicyclic) bond motifs is 3. The Morgan fingerprint density at radius 2 is 1.70 bits per heavy atom. The number of aryl methyl sites for hydroxylation is 2. The minimum atomic E-state index is -0.797. The first-order valence-corrected chi connectivity index (χ1v) is 16.1. The Hall–Kier alpha value is -3.75. The molecule has 8 nitrogen and oxygen atoms in total. The smallest absolute Gasteiger partial charge is 0.303 e. The number of carbonyl (C=O) groups excluding carboxylic acids is 1. The summed E-state index contributed by atoms with van der Waals surface area (Å²) in [5, 5.41) is 11.5. The number of para-hydroxylation sites is 1. The number of nitrogens with zero attached hydrogens (tertiary/aromatic N) is 4. The molecule has 2 saturated heterocycles. The van der Waals surface area contributed by atoms with E-state index in [0.717, 1.165) is 95.4 Å². The highest BCUT2D eigenvalue weighted by Gasteiger charge is 2.35. The minimum Gasteiger partial charge on any atom is -0.481 e. The summed E-state index contributed by atoms with van der Waals surface area (Å²) < 4.78 is 7.94. The molecule has 1 unspecified atom stereocenters. The highest BCUT2D eigenvalue weighted by Crippen LogP contribution is 2.36. The van der Waals surface area contributed by atoms with E-state index < -0.39 is 5.97 Å². The van der Waals surface area contributed by atoms with E-state index in [1.807, 2.05) is 13.0 Å². The molecule has 44 heavy (non-hydrogen) atoms. The summed E-state index contributed by atoms with van der Waals surface area (Å²) in [6, 6.07) is 17.0. The third-order valence-corrected chi connectivity index (χ3v) is 9.88. The third kappa shape index (κ3) is 5.97. The second kappa shape index (κ2) is 13.1. The molecule has 8 heteroatoms. The van der Waals surface area contributed by atoms with E-state index in [1.165, 1.54) is 0 Å². The first kappa shape index (κ1) is 30.3. The molecule has 2 aliphatic heterocycles. The normalized spacial score (nSPS) is 17.4. The van der Waals surface area contributed by atoms with Crippen molar-refractivity contribution in [2.75, 3.05) is 45.9 Å². The standard InChI is InChI=1S/C36H44N4O4/c1-4-38-17-19-39(20-18-38)36(43)34(28-15-21-44-22-16-28)27-11-9-26(10-12-27)23-40-31-8-6-5-7-30(31)33-24(2)29(13-14-32(41)42)25(3)37-35(33)40/h5-12,28,34H,4,13-23H2,1-3H3,(H,41,42). The van der Waals surface area contributed by atoms with Crippen molar-refractivity contribution in [3.05, 3.63) is 76.5 Å². The Morgan fingerprint density at radius 1 is 1.00 bits per heavy atom. The van der Waals surface area contributed by atoms with E-state index in [0.29, 0.717) is 26.2 Å². The third-order valence-electron chi connectivity index (χ3n) is 9.88. The van der Waals surface area contributed by atoms with Crippen molar-refractivity contribution in [1.29, 1.82) is 0 Å². The molecule has 1 amide bonds. The lowest BCUT2D eigenvalue weighted by Crippen LogP contribution is -2.50. The number of aromatic nitrogens is 2. The number of hydrogen-bond donors (Lipinski definition) is 1. The van der Waals surface area contributed by atoms with Gasteiger partial charge in [-0.15, -0.1) is 0 Å². The number of carboxylic acid groups (broad SMARTS) is 1. The first-order valence-electron chi connectivity index (χ1n) is 16.1. The predicted octanol–water partition coefficient (Wildman–Crippen LogP) is 5.55. The second-order valence-electron chi connectivity index (χ2n) is 12.4. The van der Waals surface area contributed by atoms with Crippen LogP contribution >= 0.6 is 0 Å². The van der Waals surface area contributed by atoms with Crippen LogP contribution in [-0.4, -0.2) is 82.3 Å². The topological polar surface area (TPSA) is 87.9 Å². The van der Waals surface area contributed by atoms with Crippen molar-refractivity contribution in [3.8, 4) is 0 Å². The van der Waals surface area contributed by atoms with E-state index in [-0.39, 0.29) is 24.2 Å². The van der Waals surface area contributed by atoms with Gasteiger partial charge >= 0.3 is 5.97 Å². The van der Waals surface area contributed by atoms with E-state index in [4.69, 9.17) is 9.72 Å². The van der Waals surface area contributed by atoms with Gasteiger partial charge in [0.1, 0.15) is 5.65 Å². The molecule has 1 N–H and O–H groups in total. The summed E-state index contributed by atoms with van der Waals surface area (Å²) in [4.78, 5) is 34.9. The molecule has 2 aliphatic rings. The summed E-state index contributed by atoms with van der Waals surface area (Å²) in [6.45, 7) is 12.8. The molecule has 232 valence electrons. The van der Waals surface area contributed by atoms with Gasteiger partial charge in [-0.2, -0.15) is 0 Å². The zero-order valence-electron chi connectivity index (χ0n) is 26.2. The van der Waals surface area contributed by atoms with Crippen LogP contribution in [0.15, 0.2) is 48.5 Å². The van der Waals surface area contributed by atoms with Crippen molar-refractivity contribution in [2.24, 2.45) is 5.92 Å². The molecule has 0 bridgehead atoms. The van der Waals surface area contributed by atoms with Crippen LogP contribution in [0.25, 0.3) is 21.9 Å². The molecule has 4 heterocycles. The maximum atomic E-state index is 14.0. The Kier molecular flexibility index (Phi) is 9.01. The van der Waals surface area contributed by atoms with Gasteiger partial charge in [0, 0.05) is 68.8 Å². The Labute approximate surface area is 259 Å². The number of rotatable bonds is 9. The number of ether oxygens (including phenoxy) is 1. The predicted molar refractivity (Wildman–Crippen MR) is 173 cm³/mol. The molecular formula is C36H44N4O4. The first-order chi connectivity index (χ1) is 21.4. The number of aliphatic carboxylic acids is 1. The number of hydrogen-bond acceptors (Lipinski definition) is 5. The number of carbonyl (C=O) groups is 2. The second-order valence-corrected chi connectivity index (χ2v) is 12.4. The van der Waals surface area contributed by atoms with Gasteiger partial charge in [-0.3, -0.25) is 9.59 Å². The number of likely N-dealkylation sites (N-methyl/N-ethyl adjacent to an activating group) is 1. The van der Waals surface area contributed by atoms with Crippen molar-refractivity contribution in [2.45, 2.75) is 58.9 Å². The van der Waals surface area contributed by atoms with Crippen LogP contribution in [0, 0.1) is 19.8 Å². The van der Waals surface area contributed by atoms with Crippen molar-refractivity contribution >= 4 is 33.8 Å². The van der Waals surface area contributed by atoms with Gasteiger partial charge < -0.3 is 24.2 Å². The fourth-order valence-electron chi connectivity index (χ4n) is 7.34. The van der Waals surface area contributed by atoms with Gasteiger partial charge in [0.05, 0.1) is 11.4 Å². The maximum absolute atomic E-state index is 14.0. The van der Waals surface area contributed by atoms with E-state index in [1.54, 1.807) is 0 Å². The number of piperazine rings is 1. The van der Waals surface area contributed by atoms with Crippen LogP contribution in [-0.2, 0) is 27.3 Å². The highest BCUT2D eigenvalue weighted by atomic mass is 16.5. The fraction of sp³-hybridized carbons (Fsp3) is 0.472. The molecule has 4 aromatic rings. The van der Waals surface area contributed by atoms with E-state index >= 15 is 0 Å². The Balaban J connectivity index is 1.31. The van der Waals surface area contributed by atoms with Gasteiger partial charge in [0.2, 0.25) is 5.91 Å². The molecule has 1 atom stereocenters. The van der Waals surface area contributed by atoms with Gasteiger partial charge in [0.25, 0.3) is 0 Å². The Bertz CT molecular complexity index is 1650. The lowest BCUT2D eigenvalue weighted by molar-refractivity contribution is -0.137. The zero-order valence-corrected chi connectivity index (χ0v) is 26.2. The molecule has 0 saturated carbocycles. The molecule has 2 aromatic carbocycles. The number of pyridine rings is 1. The van der Waals surface area contributed by atoms with Gasteiger partial charge in [-0.1, -0.05) is 49.4 Å². The molecule has 0 radical (unpaired) electrons. The van der Waals surface area contributed by atoms with Gasteiger partial charge in [-0.05, 0) is 73.9 Å². The molecule has 2 aromatic heterocycles. The lowest BCUT2D eigenvalue weighted by Gasteiger charge is -2.38. The number of amides is 1. The Morgan fingerprint density at radius 3 is 2.39 bits per heavy atom. The molecule has 2 fully saturated rings. The quantitative estimate of drug-likeness (QED) is 0.273. The van der Waals surface area contributed by atoms with Crippen molar-refractivity contribution in [3.63, 3.8) is 0 Å². The molecule has 0 spiro atoms. The fourth-order valence-corrected chi connectivity index (χ4v) is 7.34. The maximum Gasteiger partial charge on any atom is 0.303 e. The lowest BCUT2D eigenvalue weighted by atomic mass is 9.80. The SMILES string of the molecule is CCN1CCN(C(=O)C(c2ccc(Cn3c4ccccc4c4c(C)c(CCC(=O)O)c(C)nc43)cc2)C2CCOCC2)CC1. The minimum absolute atomic E-state index is 0.0895. The van der Waals surface area contributed by atoms with Crippen LogP contribution < -0.4 is 0 Å². The average molecular weight is 597 g/mol. The molecular weight excluding hydrogens is 552 g/mol. The van der Waals surface area contributed by atoms with E-state index in [9.17, 15) is 14.7 Å². The van der Waals surface area contributed by atoms with Crippen molar-refractivity contribution < 1.29 is 19.4 Å². The van der Waals surface area contributed by atoms with Crippen LogP contribution in [0.2, 0.25) is 0 Å². The van der Waals surface area contributed by atoms with Crippen LogP contribution in [0.5, 0.6) is 0 Å². The summed E-state index contributed by atoms with van der Waals surface area (Å²) in [7, 11) is 0. The molecule has 6 rings (SSSR count). The summed E-state index contributed by atoms with van der Waals surface area (Å²) in [5.41, 5.74) is 7.29.